The number of ether oxygens (including phenoxy) is 3. The standard InChI is InChI=1S/C15H13NO4.C9H10O3.C6H5NO2.CH4/c1-10(17)11-5-6-13(14(8-11)19-2)20-15(18)12-4-3-7-16-9-12;1-6(10)7-3-4-8(11)9(5-7)12-2;8-6(9)5-2-1-3-7-4-5;/h3-9H,1-2H3;3-5,11H,1-2H3;1-4H,(H,8,9);1H4. The highest BCUT2D eigenvalue weighted by molar-refractivity contribution is 5.95. The molecular weight excluding hydrogens is 544 g/mol. The molecule has 0 aliphatic carbocycles. The molecule has 2 N–H and O–H groups in total. The number of Topliss-reactive ketones (excluding diaryl/α,β-unsaturated/α-hetero) is 2. The lowest BCUT2D eigenvalue weighted by molar-refractivity contribution is 0.0693. The van der Waals surface area contributed by atoms with Crippen LogP contribution in [0.4, 0.5) is 0 Å². The zero-order valence-electron chi connectivity index (χ0n) is 22.7. The fourth-order valence-electron chi connectivity index (χ4n) is 3.00. The van der Waals surface area contributed by atoms with E-state index in [0.717, 1.165) is 0 Å². The van der Waals surface area contributed by atoms with Gasteiger partial charge >= 0.3 is 11.9 Å². The van der Waals surface area contributed by atoms with Gasteiger partial charge in [0.05, 0.1) is 25.3 Å². The van der Waals surface area contributed by atoms with Crippen LogP contribution in [-0.4, -0.2) is 57.9 Å². The molecule has 42 heavy (non-hydrogen) atoms. The lowest BCUT2D eigenvalue weighted by Crippen LogP contribution is -2.09. The van der Waals surface area contributed by atoms with Gasteiger partial charge in [-0.05, 0) is 74.5 Å². The van der Waals surface area contributed by atoms with Crippen molar-refractivity contribution in [2.45, 2.75) is 21.3 Å². The lowest BCUT2D eigenvalue weighted by Gasteiger charge is -2.10. The monoisotopic (exact) mass is 576 g/mol. The number of methoxy groups -OCH3 is 2. The Morgan fingerprint density at radius 2 is 1.17 bits per heavy atom. The summed E-state index contributed by atoms with van der Waals surface area (Å²) in [5, 5.41) is 17.5. The number of ketones is 2. The molecule has 0 fully saturated rings. The van der Waals surface area contributed by atoms with Crippen molar-refractivity contribution in [2.24, 2.45) is 0 Å². The smallest absolute Gasteiger partial charge is 0.345 e. The predicted octanol–water partition coefficient (Wildman–Crippen LogP) is 5.53. The minimum absolute atomic E-state index is 0. The second-order valence-electron chi connectivity index (χ2n) is 8.04. The van der Waals surface area contributed by atoms with Gasteiger partial charge in [0.15, 0.2) is 34.6 Å². The van der Waals surface area contributed by atoms with E-state index in [1.54, 1.807) is 36.5 Å². The summed E-state index contributed by atoms with van der Waals surface area (Å²) in [6, 6.07) is 15.5. The number of phenolic OH excluding ortho intramolecular Hbond substituents is 1. The number of hydrogen-bond donors (Lipinski definition) is 2. The maximum atomic E-state index is 11.9. The maximum absolute atomic E-state index is 11.9. The van der Waals surface area contributed by atoms with Gasteiger partial charge in [0.1, 0.15) is 0 Å². The van der Waals surface area contributed by atoms with Crippen molar-refractivity contribution in [3.05, 3.63) is 108 Å². The summed E-state index contributed by atoms with van der Waals surface area (Å²) in [5.74, 6) is -0.664. The molecule has 11 heteroatoms. The van der Waals surface area contributed by atoms with Crippen molar-refractivity contribution in [3.63, 3.8) is 0 Å². The molecule has 0 saturated carbocycles. The van der Waals surface area contributed by atoms with Crippen LogP contribution >= 0.6 is 0 Å². The molecule has 0 aliphatic rings. The highest BCUT2D eigenvalue weighted by atomic mass is 16.6. The molecule has 2 heterocycles. The Balaban J connectivity index is 0.000000342. The molecule has 11 nitrogen and oxygen atoms in total. The van der Waals surface area contributed by atoms with Crippen LogP contribution in [0.15, 0.2) is 85.5 Å². The molecule has 0 saturated heterocycles. The Hall–Kier alpha value is -5.58. The first-order valence-electron chi connectivity index (χ1n) is 11.9. The summed E-state index contributed by atoms with van der Waals surface area (Å²) in [5.41, 5.74) is 1.58. The number of nitrogens with zero attached hydrogens (tertiary/aromatic N) is 2. The third-order valence-electron chi connectivity index (χ3n) is 5.16. The highest BCUT2D eigenvalue weighted by Gasteiger charge is 2.14. The average Bonchev–Trinajstić information content (AvgIpc) is 2.99. The van der Waals surface area contributed by atoms with Crippen LogP contribution in [0.2, 0.25) is 0 Å². The predicted molar refractivity (Wildman–Crippen MR) is 155 cm³/mol. The number of carbonyl (C=O) groups excluding carboxylic acids is 3. The Morgan fingerprint density at radius 3 is 1.60 bits per heavy atom. The number of carboxylic acids is 1. The molecule has 0 unspecified atom stereocenters. The maximum Gasteiger partial charge on any atom is 0.345 e. The number of esters is 1. The van der Waals surface area contributed by atoms with Crippen molar-refractivity contribution < 1.29 is 43.6 Å². The van der Waals surface area contributed by atoms with E-state index in [2.05, 4.69) is 9.97 Å². The van der Waals surface area contributed by atoms with Gasteiger partial charge in [-0.1, -0.05) is 7.43 Å². The average molecular weight is 577 g/mol. The Morgan fingerprint density at radius 1 is 0.667 bits per heavy atom. The van der Waals surface area contributed by atoms with E-state index in [9.17, 15) is 24.3 Å². The van der Waals surface area contributed by atoms with E-state index in [1.165, 1.54) is 77.0 Å². The molecule has 2 aromatic heterocycles. The number of aromatic carboxylic acids is 1. The molecule has 4 aromatic rings. The van der Waals surface area contributed by atoms with Crippen molar-refractivity contribution in [3.8, 4) is 23.0 Å². The fourth-order valence-corrected chi connectivity index (χ4v) is 3.00. The molecule has 2 aromatic carbocycles. The van der Waals surface area contributed by atoms with Crippen LogP contribution in [0.25, 0.3) is 0 Å². The van der Waals surface area contributed by atoms with Gasteiger partial charge in [-0.25, -0.2) is 9.59 Å². The normalized spacial score (nSPS) is 9.33. The second-order valence-corrected chi connectivity index (χ2v) is 8.04. The molecular formula is C31H32N2O9. The van der Waals surface area contributed by atoms with Gasteiger partial charge in [0.25, 0.3) is 0 Å². The molecule has 0 bridgehead atoms. The summed E-state index contributed by atoms with van der Waals surface area (Å²) in [4.78, 5) is 51.7. The van der Waals surface area contributed by atoms with Crippen LogP contribution in [0.3, 0.4) is 0 Å². The van der Waals surface area contributed by atoms with Gasteiger partial charge in [-0.2, -0.15) is 0 Å². The van der Waals surface area contributed by atoms with Crippen LogP contribution in [-0.2, 0) is 0 Å². The first-order valence-corrected chi connectivity index (χ1v) is 11.9. The topological polar surface area (TPSA) is 162 Å². The first kappa shape index (κ1) is 34.4. The van der Waals surface area contributed by atoms with Crippen LogP contribution in [0, 0.1) is 0 Å². The molecule has 0 spiro atoms. The van der Waals surface area contributed by atoms with Gasteiger partial charge in [0, 0.05) is 35.9 Å². The Kier molecular flexibility index (Phi) is 14.1. The zero-order valence-corrected chi connectivity index (χ0v) is 22.7. The number of aromatic nitrogens is 2. The number of aromatic hydroxyl groups is 1. The van der Waals surface area contributed by atoms with E-state index >= 15 is 0 Å². The molecule has 4 rings (SSSR count). The van der Waals surface area contributed by atoms with Crippen molar-refractivity contribution in [1.29, 1.82) is 0 Å². The second kappa shape index (κ2) is 17.2. The SMILES string of the molecule is C.COc1cc(C(C)=O)ccc1O.COc1cc(C(C)=O)ccc1OC(=O)c1cccnc1.O=C(O)c1cccnc1. The van der Waals surface area contributed by atoms with E-state index in [1.807, 2.05) is 0 Å². The molecule has 0 radical (unpaired) electrons. The third-order valence-corrected chi connectivity index (χ3v) is 5.16. The number of carboxylic acid groups (broad SMARTS) is 1. The van der Waals surface area contributed by atoms with Crippen molar-refractivity contribution in [2.75, 3.05) is 14.2 Å². The van der Waals surface area contributed by atoms with Crippen LogP contribution in [0.5, 0.6) is 23.0 Å². The van der Waals surface area contributed by atoms with Gasteiger partial charge in [-0.15, -0.1) is 0 Å². The van der Waals surface area contributed by atoms with E-state index in [-0.39, 0.29) is 36.1 Å². The number of carbonyl (C=O) groups is 4. The summed E-state index contributed by atoms with van der Waals surface area (Å²) in [6.45, 7) is 2.92. The van der Waals surface area contributed by atoms with Gasteiger partial charge in [-0.3, -0.25) is 19.6 Å². The number of pyridine rings is 2. The number of benzene rings is 2. The molecule has 0 amide bonds. The lowest BCUT2D eigenvalue weighted by atomic mass is 10.1. The van der Waals surface area contributed by atoms with Crippen LogP contribution < -0.4 is 14.2 Å². The van der Waals surface area contributed by atoms with Crippen molar-refractivity contribution in [1.82, 2.24) is 9.97 Å². The largest absolute Gasteiger partial charge is 0.504 e. The summed E-state index contributed by atoms with van der Waals surface area (Å²) >= 11 is 0. The fraction of sp³-hybridized carbons (Fsp3) is 0.161. The summed E-state index contributed by atoms with van der Waals surface area (Å²) in [6.07, 6.45) is 5.83. The third kappa shape index (κ3) is 10.5. The van der Waals surface area contributed by atoms with Gasteiger partial charge in [0.2, 0.25) is 0 Å². The number of hydrogen-bond acceptors (Lipinski definition) is 10. The minimum Gasteiger partial charge on any atom is -0.504 e. The van der Waals surface area contributed by atoms with E-state index < -0.39 is 11.9 Å². The van der Waals surface area contributed by atoms with E-state index in [0.29, 0.717) is 28.2 Å². The van der Waals surface area contributed by atoms with Crippen molar-refractivity contribution >= 4 is 23.5 Å². The van der Waals surface area contributed by atoms with E-state index in [4.69, 9.17) is 19.3 Å². The first-order chi connectivity index (χ1) is 19.6. The Bertz CT molecular complexity index is 1490. The minimum atomic E-state index is -0.942. The van der Waals surface area contributed by atoms with Gasteiger partial charge < -0.3 is 24.4 Å². The number of rotatable bonds is 7. The summed E-state index contributed by atoms with van der Waals surface area (Å²) in [7, 11) is 2.89. The Labute approximate surface area is 243 Å². The molecule has 0 atom stereocenters. The van der Waals surface area contributed by atoms with Crippen LogP contribution in [0.1, 0.15) is 62.7 Å². The highest BCUT2D eigenvalue weighted by Crippen LogP contribution is 2.29. The summed E-state index contributed by atoms with van der Waals surface area (Å²) < 4.78 is 15.2. The zero-order chi connectivity index (χ0) is 30.4. The molecule has 0 aliphatic heterocycles. The quantitative estimate of drug-likeness (QED) is 0.162. The molecule has 220 valence electrons. The number of phenols is 1.